The van der Waals surface area contributed by atoms with Gasteiger partial charge in [0.05, 0.1) is 6.10 Å². The second-order valence-electron chi connectivity index (χ2n) is 6.33. The Morgan fingerprint density at radius 3 is 2.73 bits per heavy atom. The third-order valence-electron chi connectivity index (χ3n) is 4.60. The molecule has 7 nitrogen and oxygen atoms in total. The molecular formula is C18H23ClN2O5. The fraction of sp³-hybridized carbons (Fsp3) is 0.500. The number of carboxylic acids is 1. The summed E-state index contributed by atoms with van der Waals surface area (Å²) in [6.45, 7) is 1.90. The van der Waals surface area contributed by atoms with E-state index in [0.29, 0.717) is 24.4 Å². The van der Waals surface area contributed by atoms with Crippen LogP contribution in [0.25, 0.3) is 0 Å². The minimum absolute atomic E-state index is 0.0381. The van der Waals surface area contributed by atoms with Crippen LogP contribution in [0.5, 0.6) is 0 Å². The predicted molar refractivity (Wildman–Crippen MR) is 95.7 cm³/mol. The molecule has 0 aliphatic carbocycles. The standard InChI is InChI=1S/C18H23ClN2O5/c1-11(26-2)17(18(24)25)20-15(22)9-13-7-8-16(23)21(13)10-12-5-3-4-6-14(12)19/h3-6,11,13,17H,7-10H2,1-2H3,(H,20,22)(H,24,25)/t11-,13+,17+/m1/s1. The molecule has 142 valence electrons. The molecule has 2 N–H and O–H groups in total. The maximum absolute atomic E-state index is 12.3. The number of halogens is 1. The third kappa shape index (κ3) is 4.95. The zero-order chi connectivity index (χ0) is 19.3. The second-order valence-corrected chi connectivity index (χ2v) is 6.74. The molecule has 2 amide bonds. The van der Waals surface area contributed by atoms with Crippen molar-refractivity contribution in [1.29, 1.82) is 0 Å². The SMILES string of the molecule is CO[C@H](C)[C@H](NC(=O)C[C@@H]1CCC(=O)N1Cc1ccccc1Cl)C(=O)O. The Morgan fingerprint density at radius 1 is 1.42 bits per heavy atom. The van der Waals surface area contributed by atoms with Crippen molar-refractivity contribution in [2.45, 2.75) is 50.9 Å². The largest absolute Gasteiger partial charge is 0.480 e. The molecule has 1 saturated heterocycles. The Balaban J connectivity index is 2.02. The lowest BCUT2D eigenvalue weighted by Crippen LogP contribution is -2.49. The molecule has 26 heavy (non-hydrogen) atoms. The van der Waals surface area contributed by atoms with E-state index in [9.17, 15) is 19.5 Å². The summed E-state index contributed by atoms with van der Waals surface area (Å²) < 4.78 is 5.00. The average Bonchev–Trinajstić information content (AvgIpc) is 2.94. The first-order chi connectivity index (χ1) is 12.3. The van der Waals surface area contributed by atoms with E-state index in [-0.39, 0.29) is 18.4 Å². The van der Waals surface area contributed by atoms with Gasteiger partial charge in [0.2, 0.25) is 11.8 Å². The Hall–Kier alpha value is -2.12. The van der Waals surface area contributed by atoms with Crippen molar-refractivity contribution in [3.05, 3.63) is 34.9 Å². The van der Waals surface area contributed by atoms with E-state index in [1.165, 1.54) is 7.11 Å². The van der Waals surface area contributed by atoms with Gasteiger partial charge in [0, 0.05) is 37.6 Å². The minimum atomic E-state index is -1.16. The highest BCUT2D eigenvalue weighted by Crippen LogP contribution is 2.26. The van der Waals surface area contributed by atoms with E-state index >= 15 is 0 Å². The average molecular weight is 383 g/mol. The van der Waals surface area contributed by atoms with Crippen molar-refractivity contribution in [3.8, 4) is 0 Å². The van der Waals surface area contributed by atoms with Crippen LogP contribution in [0.3, 0.4) is 0 Å². The van der Waals surface area contributed by atoms with Crippen LogP contribution >= 0.6 is 11.6 Å². The zero-order valence-corrected chi connectivity index (χ0v) is 15.5. The number of nitrogens with zero attached hydrogens (tertiary/aromatic N) is 1. The van der Waals surface area contributed by atoms with Crippen molar-refractivity contribution in [2.75, 3.05) is 7.11 Å². The van der Waals surface area contributed by atoms with Crippen molar-refractivity contribution >= 4 is 29.4 Å². The summed E-state index contributed by atoms with van der Waals surface area (Å²) >= 11 is 6.16. The fourth-order valence-corrected chi connectivity index (χ4v) is 3.19. The van der Waals surface area contributed by atoms with E-state index in [4.69, 9.17) is 16.3 Å². The number of likely N-dealkylation sites (tertiary alicyclic amines) is 1. The number of nitrogens with one attached hydrogen (secondary N) is 1. The van der Waals surface area contributed by atoms with Crippen LogP contribution in [0.15, 0.2) is 24.3 Å². The summed E-state index contributed by atoms with van der Waals surface area (Å²) in [5, 5.41) is 12.3. The lowest BCUT2D eigenvalue weighted by Gasteiger charge is -2.26. The molecular weight excluding hydrogens is 360 g/mol. The molecule has 1 fully saturated rings. The van der Waals surface area contributed by atoms with Crippen LogP contribution in [-0.4, -0.2) is 53.1 Å². The Bertz CT molecular complexity index is 681. The van der Waals surface area contributed by atoms with Gasteiger partial charge in [-0.25, -0.2) is 4.79 Å². The topological polar surface area (TPSA) is 95.9 Å². The summed E-state index contributed by atoms with van der Waals surface area (Å²) in [6.07, 6.45) is 0.282. The maximum Gasteiger partial charge on any atom is 0.328 e. The van der Waals surface area contributed by atoms with E-state index in [0.717, 1.165) is 5.56 Å². The van der Waals surface area contributed by atoms with Crippen LogP contribution in [0, 0.1) is 0 Å². The Morgan fingerprint density at radius 2 is 2.12 bits per heavy atom. The highest BCUT2D eigenvalue weighted by atomic mass is 35.5. The number of rotatable bonds is 8. The molecule has 8 heteroatoms. The van der Waals surface area contributed by atoms with Gasteiger partial charge in [-0.1, -0.05) is 29.8 Å². The molecule has 0 spiro atoms. The molecule has 1 heterocycles. The number of carbonyl (C=O) groups is 3. The van der Waals surface area contributed by atoms with Gasteiger partial charge in [-0.15, -0.1) is 0 Å². The van der Waals surface area contributed by atoms with Crippen molar-refractivity contribution < 1.29 is 24.2 Å². The molecule has 1 aromatic rings. The van der Waals surface area contributed by atoms with E-state index in [1.54, 1.807) is 17.9 Å². The van der Waals surface area contributed by atoms with Crippen LogP contribution in [0.2, 0.25) is 5.02 Å². The van der Waals surface area contributed by atoms with Gasteiger partial charge < -0.3 is 20.1 Å². The van der Waals surface area contributed by atoms with Crippen molar-refractivity contribution in [1.82, 2.24) is 10.2 Å². The smallest absolute Gasteiger partial charge is 0.328 e. The molecule has 0 bridgehead atoms. The quantitative estimate of drug-likeness (QED) is 0.715. The summed E-state index contributed by atoms with van der Waals surface area (Å²) in [7, 11) is 1.38. The molecule has 0 unspecified atom stereocenters. The summed E-state index contributed by atoms with van der Waals surface area (Å²) in [4.78, 5) is 37.4. The zero-order valence-electron chi connectivity index (χ0n) is 14.8. The summed E-state index contributed by atoms with van der Waals surface area (Å²) in [6, 6.07) is 5.82. The Kier molecular flexibility index (Phi) is 6.99. The van der Waals surface area contributed by atoms with E-state index in [2.05, 4.69) is 5.32 Å². The molecule has 0 aromatic heterocycles. The van der Waals surface area contributed by atoms with Gasteiger partial charge in [0.25, 0.3) is 0 Å². The second kappa shape index (κ2) is 9.00. The van der Waals surface area contributed by atoms with Gasteiger partial charge in [-0.05, 0) is 25.0 Å². The van der Waals surface area contributed by atoms with E-state index < -0.39 is 24.0 Å². The number of hydrogen-bond acceptors (Lipinski definition) is 4. The highest BCUT2D eigenvalue weighted by Gasteiger charge is 2.34. The molecule has 3 atom stereocenters. The number of aliphatic carboxylic acids is 1. The van der Waals surface area contributed by atoms with Crippen LogP contribution in [-0.2, 0) is 25.7 Å². The lowest BCUT2D eigenvalue weighted by atomic mass is 10.1. The molecule has 1 aliphatic rings. The number of hydrogen-bond donors (Lipinski definition) is 2. The predicted octanol–water partition coefficient (Wildman–Crippen LogP) is 1.83. The first-order valence-electron chi connectivity index (χ1n) is 8.41. The molecule has 1 aromatic carbocycles. The first-order valence-corrected chi connectivity index (χ1v) is 8.79. The highest BCUT2D eigenvalue weighted by molar-refractivity contribution is 6.31. The van der Waals surface area contributed by atoms with Gasteiger partial charge in [0.1, 0.15) is 0 Å². The molecule has 0 radical (unpaired) electrons. The van der Waals surface area contributed by atoms with Gasteiger partial charge in [-0.2, -0.15) is 0 Å². The van der Waals surface area contributed by atoms with Crippen molar-refractivity contribution in [2.24, 2.45) is 0 Å². The summed E-state index contributed by atoms with van der Waals surface area (Å²) in [5.41, 5.74) is 0.811. The number of carbonyl (C=O) groups excluding carboxylic acids is 2. The molecule has 2 rings (SSSR count). The molecule has 1 aliphatic heterocycles. The third-order valence-corrected chi connectivity index (χ3v) is 4.96. The number of benzene rings is 1. The van der Waals surface area contributed by atoms with Gasteiger partial charge >= 0.3 is 5.97 Å². The number of amides is 2. The maximum atomic E-state index is 12.3. The van der Waals surface area contributed by atoms with Crippen LogP contribution in [0.4, 0.5) is 0 Å². The fourth-order valence-electron chi connectivity index (χ4n) is 3.00. The van der Waals surface area contributed by atoms with Crippen LogP contribution < -0.4 is 5.32 Å². The normalized spacial score (nSPS) is 19.3. The van der Waals surface area contributed by atoms with Crippen molar-refractivity contribution in [3.63, 3.8) is 0 Å². The van der Waals surface area contributed by atoms with Gasteiger partial charge in [0.15, 0.2) is 6.04 Å². The van der Waals surface area contributed by atoms with E-state index in [1.807, 2.05) is 18.2 Å². The lowest BCUT2D eigenvalue weighted by molar-refractivity contribution is -0.145. The van der Waals surface area contributed by atoms with Gasteiger partial charge in [-0.3, -0.25) is 9.59 Å². The number of ether oxygens (including phenoxy) is 1. The number of methoxy groups -OCH3 is 1. The monoisotopic (exact) mass is 382 g/mol. The number of carboxylic acid groups (broad SMARTS) is 1. The Labute approximate surface area is 157 Å². The minimum Gasteiger partial charge on any atom is -0.480 e. The first kappa shape index (κ1) is 20.2. The summed E-state index contributed by atoms with van der Waals surface area (Å²) in [5.74, 6) is -1.63. The molecule has 0 saturated carbocycles. The van der Waals surface area contributed by atoms with Crippen LogP contribution in [0.1, 0.15) is 31.7 Å².